The first-order valence-electron chi connectivity index (χ1n) is 4.96. The van der Waals surface area contributed by atoms with Gasteiger partial charge in [-0.05, 0) is 12.1 Å². The summed E-state index contributed by atoms with van der Waals surface area (Å²) in [4.78, 5) is 14.8. The number of anilines is 1. The summed E-state index contributed by atoms with van der Waals surface area (Å²) < 4.78 is 0. The molecule has 0 spiro atoms. The van der Waals surface area contributed by atoms with Crippen LogP contribution in [0.5, 0.6) is 0 Å². The highest BCUT2D eigenvalue weighted by atomic mass is 32.2. The standard InChI is InChI=1S/C10H14N2OS2/c1-11-9-3-2-8(15-9)10(13)12-4-6-14-7-5-12/h2-3,11H,4-7H2,1H3. The van der Waals surface area contributed by atoms with Crippen molar-refractivity contribution in [2.75, 3.05) is 37.0 Å². The topological polar surface area (TPSA) is 32.3 Å². The van der Waals surface area contributed by atoms with Crippen molar-refractivity contribution in [2.24, 2.45) is 0 Å². The number of carbonyl (C=O) groups is 1. The van der Waals surface area contributed by atoms with Crippen molar-refractivity contribution in [3.8, 4) is 0 Å². The lowest BCUT2D eigenvalue weighted by atomic mass is 10.4. The molecule has 82 valence electrons. The first kappa shape index (κ1) is 10.8. The minimum absolute atomic E-state index is 0.182. The van der Waals surface area contributed by atoms with E-state index in [9.17, 15) is 4.79 Å². The first-order chi connectivity index (χ1) is 7.31. The van der Waals surface area contributed by atoms with Gasteiger partial charge in [0.15, 0.2) is 0 Å². The van der Waals surface area contributed by atoms with Crippen molar-refractivity contribution in [3.05, 3.63) is 17.0 Å². The molecular weight excluding hydrogens is 228 g/mol. The van der Waals surface area contributed by atoms with Crippen LogP contribution < -0.4 is 5.32 Å². The van der Waals surface area contributed by atoms with E-state index in [2.05, 4.69) is 5.32 Å². The predicted octanol–water partition coefficient (Wildman–Crippen LogP) is 1.98. The zero-order valence-electron chi connectivity index (χ0n) is 8.66. The molecule has 1 aromatic rings. The van der Waals surface area contributed by atoms with E-state index in [1.807, 2.05) is 35.8 Å². The van der Waals surface area contributed by atoms with Crippen LogP contribution in [-0.2, 0) is 0 Å². The van der Waals surface area contributed by atoms with Crippen LogP contribution in [0.25, 0.3) is 0 Å². The molecule has 1 aromatic heterocycles. The molecule has 0 aliphatic carbocycles. The van der Waals surface area contributed by atoms with Crippen LogP contribution in [-0.4, -0.2) is 42.4 Å². The Morgan fingerprint density at radius 1 is 1.40 bits per heavy atom. The van der Waals surface area contributed by atoms with Gasteiger partial charge in [0.1, 0.15) is 0 Å². The zero-order chi connectivity index (χ0) is 10.7. The number of amides is 1. The second kappa shape index (κ2) is 4.90. The van der Waals surface area contributed by atoms with Crippen molar-refractivity contribution in [1.29, 1.82) is 0 Å². The summed E-state index contributed by atoms with van der Waals surface area (Å²) in [6, 6.07) is 3.86. The van der Waals surface area contributed by atoms with Crippen molar-refractivity contribution < 1.29 is 4.79 Å². The summed E-state index contributed by atoms with van der Waals surface area (Å²) >= 11 is 3.44. The smallest absolute Gasteiger partial charge is 0.264 e. The number of nitrogens with one attached hydrogen (secondary N) is 1. The Kier molecular flexibility index (Phi) is 3.53. The van der Waals surface area contributed by atoms with Gasteiger partial charge in [-0.2, -0.15) is 11.8 Å². The van der Waals surface area contributed by atoms with Gasteiger partial charge in [0.05, 0.1) is 9.88 Å². The van der Waals surface area contributed by atoms with Crippen LogP contribution in [0.15, 0.2) is 12.1 Å². The van der Waals surface area contributed by atoms with Gasteiger partial charge >= 0.3 is 0 Å². The molecule has 1 N–H and O–H groups in total. The van der Waals surface area contributed by atoms with Crippen LogP contribution in [0.1, 0.15) is 9.67 Å². The Morgan fingerprint density at radius 3 is 2.73 bits per heavy atom. The molecule has 0 radical (unpaired) electrons. The Hall–Kier alpha value is -0.680. The second-order valence-electron chi connectivity index (χ2n) is 3.32. The minimum Gasteiger partial charge on any atom is -0.380 e. The molecule has 5 heteroatoms. The maximum atomic E-state index is 12.0. The third-order valence-electron chi connectivity index (χ3n) is 2.36. The number of thiophene rings is 1. The minimum atomic E-state index is 0.182. The Balaban J connectivity index is 2.05. The molecule has 1 saturated heterocycles. The van der Waals surface area contributed by atoms with Gasteiger partial charge in [-0.15, -0.1) is 11.3 Å². The molecular formula is C10H14N2OS2. The molecule has 1 aliphatic rings. The van der Waals surface area contributed by atoms with Gasteiger partial charge in [-0.3, -0.25) is 4.79 Å². The van der Waals surface area contributed by atoms with E-state index >= 15 is 0 Å². The van der Waals surface area contributed by atoms with E-state index in [0.29, 0.717) is 0 Å². The lowest BCUT2D eigenvalue weighted by molar-refractivity contribution is 0.0777. The fraction of sp³-hybridized carbons (Fsp3) is 0.500. The number of thioether (sulfide) groups is 1. The van der Waals surface area contributed by atoms with Crippen molar-refractivity contribution in [1.82, 2.24) is 4.90 Å². The molecule has 0 aromatic carbocycles. The Morgan fingerprint density at radius 2 is 2.13 bits per heavy atom. The van der Waals surface area contributed by atoms with E-state index in [0.717, 1.165) is 34.5 Å². The fourth-order valence-corrected chi connectivity index (χ4v) is 3.24. The molecule has 3 nitrogen and oxygen atoms in total. The van der Waals surface area contributed by atoms with Crippen LogP contribution >= 0.6 is 23.1 Å². The Labute approximate surface area is 97.8 Å². The van der Waals surface area contributed by atoms with E-state index in [-0.39, 0.29) is 5.91 Å². The van der Waals surface area contributed by atoms with Gasteiger partial charge in [0.2, 0.25) is 0 Å². The van der Waals surface area contributed by atoms with Crippen LogP contribution in [0.4, 0.5) is 5.00 Å². The van der Waals surface area contributed by atoms with Crippen molar-refractivity contribution in [3.63, 3.8) is 0 Å². The average molecular weight is 242 g/mol. The highest BCUT2D eigenvalue weighted by Gasteiger charge is 2.19. The monoisotopic (exact) mass is 242 g/mol. The molecule has 2 heterocycles. The number of rotatable bonds is 2. The maximum Gasteiger partial charge on any atom is 0.264 e. The maximum absolute atomic E-state index is 12.0. The lowest BCUT2D eigenvalue weighted by Gasteiger charge is -2.25. The van der Waals surface area contributed by atoms with Crippen LogP contribution in [0, 0.1) is 0 Å². The van der Waals surface area contributed by atoms with Crippen LogP contribution in [0.3, 0.4) is 0 Å². The number of nitrogens with zero attached hydrogens (tertiary/aromatic N) is 1. The fourth-order valence-electron chi connectivity index (χ4n) is 1.51. The summed E-state index contributed by atoms with van der Waals surface area (Å²) in [5.41, 5.74) is 0. The third-order valence-corrected chi connectivity index (χ3v) is 4.39. The molecule has 2 rings (SSSR count). The molecule has 0 bridgehead atoms. The summed E-state index contributed by atoms with van der Waals surface area (Å²) in [5.74, 6) is 2.31. The van der Waals surface area contributed by atoms with Crippen molar-refractivity contribution >= 4 is 34.0 Å². The summed E-state index contributed by atoms with van der Waals surface area (Å²) in [5, 5.41) is 4.09. The highest BCUT2D eigenvalue weighted by molar-refractivity contribution is 7.99. The molecule has 15 heavy (non-hydrogen) atoms. The summed E-state index contributed by atoms with van der Waals surface area (Å²) in [7, 11) is 1.87. The zero-order valence-corrected chi connectivity index (χ0v) is 10.3. The first-order valence-corrected chi connectivity index (χ1v) is 6.93. The normalized spacial score (nSPS) is 16.5. The molecule has 0 atom stereocenters. The summed E-state index contributed by atoms with van der Waals surface area (Å²) in [6.07, 6.45) is 0. The largest absolute Gasteiger partial charge is 0.380 e. The van der Waals surface area contributed by atoms with Gasteiger partial charge in [0, 0.05) is 31.6 Å². The van der Waals surface area contributed by atoms with Crippen LogP contribution in [0.2, 0.25) is 0 Å². The number of hydrogen-bond donors (Lipinski definition) is 1. The van der Waals surface area contributed by atoms with Gasteiger partial charge in [-0.25, -0.2) is 0 Å². The quantitative estimate of drug-likeness (QED) is 0.860. The Bertz CT molecular complexity index is 345. The average Bonchev–Trinajstić information content (AvgIpc) is 2.78. The lowest BCUT2D eigenvalue weighted by Crippen LogP contribution is -2.37. The van der Waals surface area contributed by atoms with Gasteiger partial charge < -0.3 is 10.2 Å². The number of hydrogen-bond acceptors (Lipinski definition) is 4. The van der Waals surface area contributed by atoms with E-state index in [1.165, 1.54) is 11.3 Å². The van der Waals surface area contributed by atoms with E-state index in [1.54, 1.807) is 0 Å². The predicted molar refractivity (Wildman–Crippen MR) is 67.1 cm³/mol. The molecule has 0 unspecified atom stereocenters. The third kappa shape index (κ3) is 2.46. The molecule has 0 saturated carbocycles. The molecule has 1 aliphatic heterocycles. The van der Waals surface area contributed by atoms with Gasteiger partial charge in [0.25, 0.3) is 5.91 Å². The summed E-state index contributed by atoms with van der Waals surface area (Å²) in [6.45, 7) is 1.77. The highest BCUT2D eigenvalue weighted by Crippen LogP contribution is 2.23. The number of carbonyl (C=O) groups excluding carboxylic acids is 1. The SMILES string of the molecule is CNc1ccc(C(=O)N2CCSCC2)s1. The molecule has 1 amide bonds. The van der Waals surface area contributed by atoms with E-state index < -0.39 is 0 Å². The van der Waals surface area contributed by atoms with Gasteiger partial charge in [-0.1, -0.05) is 0 Å². The van der Waals surface area contributed by atoms with E-state index in [4.69, 9.17) is 0 Å². The molecule has 1 fully saturated rings. The van der Waals surface area contributed by atoms with Crippen molar-refractivity contribution in [2.45, 2.75) is 0 Å². The second-order valence-corrected chi connectivity index (χ2v) is 5.63.